The van der Waals surface area contributed by atoms with Gasteiger partial charge in [-0.25, -0.2) is 0 Å². The Bertz CT molecular complexity index is 314. The summed E-state index contributed by atoms with van der Waals surface area (Å²) in [5.41, 5.74) is -0.154. The molecule has 2 heterocycles. The highest BCUT2D eigenvalue weighted by molar-refractivity contribution is 4.95. The highest BCUT2D eigenvalue weighted by Gasteiger charge is 2.41. The molecular formula is C13H20O6. The molecule has 2 saturated heterocycles. The fourth-order valence-corrected chi connectivity index (χ4v) is 1.56. The molecule has 0 aliphatic carbocycles. The topological polar surface area (TPSA) is 77.4 Å². The van der Waals surface area contributed by atoms with Gasteiger partial charge in [0, 0.05) is 0 Å². The Hall–Kier alpha value is -1.98. The second-order valence-corrected chi connectivity index (χ2v) is 4.29. The van der Waals surface area contributed by atoms with Crippen molar-refractivity contribution in [3.8, 4) is 0 Å². The molecule has 6 nitrogen and oxygen atoms in total. The average Bonchev–Trinajstić information content (AvgIpc) is 2.40. The quantitative estimate of drug-likeness (QED) is 0.659. The zero-order valence-electron chi connectivity index (χ0n) is 11.2. The Kier molecular flexibility index (Phi) is 5.41. The summed E-state index contributed by atoms with van der Waals surface area (Å²) in [6.07, 6.45) is 3.63. The number of hydrogen-bond acceptors (Lipinski definition) is 6. The first kappa shape index (κ1) is 15.1. The van der Waals surface area contributed by atoms with E-state index < -0.39 is 5.95 Å². The molecule has 0 radical (unpaired) electrons. The molecule has 2 aliphatic heterocycles. The standard InChI is InChI=1S/C11H16O4.C2H4O2/c1-3-9-12-5-11(6-13-9)7-14-10(4-2)15-8-11;1-2(3)4/h3-4H,5-8H2,1-2H3;3-4H,1H2. The summed E-state index contributed by atoms with van der Waals surface area (Å²) < 4.78 is 21.8. The first-order chi connectivity index (χ1) is 9.01. The summed E-state index contributed by atoms with van der Waals surface area (Å²) in [4.78, 5) is 0. The van der Waals surface area contributed by atoms with Crippen LogP contribution in [0.1, 0.15) is 13.8 Å². The van der Waals surface area contributed by atoms with Crippen LogP contribution in [-0.4, -0.2) is 36.6 Å². The van der Waals surface area contributed by atoms with Gasteiger partial charge in [0.05, 0.1) is 0 Å². The third-order valence-corrected chi connectivity index (χ3v) is 2.55. The van der Waals surface area contributed by atoms with Crippen LogP contribution in [0.4, 0.5) is 0 Å². The number of aliphatic hydroxyl groups excluding tert-OH is 1. The predicted octanol–water partition coefficient (Wildman–Crippen LogP) is 2.36. The maximum Gasteiger partial charge on any atom is 0.274 e. The predicted molar refractivity (Wildman–Crippen MR) is 68.2 cm³/mol. The van der Waals surface area contributed by atoms with Gasteiger partial charge in [0.2, 0.25) is 0 Å². The largest absolute Gasteiger partial charge is 0.482 e. The van der Waals surface area contributed by atoms with Crippen LogP contribution >= 0.6 is 0 Å². The second kappa shape index (κ2) is 6.82. The molecule has 2 aliphatic rings. The minimum atomic E-state index is -0.833. The Balaban J connectivity index is 0.000000399. The third-order valence-electron chi connectivity index (χ3n) is 2.55. The van der Waals surface area contributed by atoms with Crippen molar-refractivity contribution in [3.05, 3.63) is 36.6 Å². The molecule has 1 spiro atoms. The van der Waals surface area contributed by atoms with Gasteiger partial charge in [-0.3, -0.25) is 0 Å². The van der Waals surface area contributed by atoms with E-state index in [2.05, 4.69) is 6.58 Å². The molecule has 0 bridgehead atoms. The molecule has 2 fully saturated rings. The van der Waals surface area contributed by atoms with Gasteiger partial charge in [0.25, 0.3) is 17.8 Å². The molecule has 2 N–H and O–H groups in total. The lowest BCUT2D eigenvalue weighted by Gasteiger charge is -2.40. The van der Waals surface area contributed by atoms with Crippen molar-refractivity contribution in [1.29, 1.82) is 0 Å². The summed E-state index contributed by atoms with van der Waals surface area (Å²) in [7, 11) is 0. The Morgan fingerprint density at radius 1 is 0.947 bits per heavy atom. The number of aliphatic hydroxyl groups is 2. The van der Waals surface area contributed by atoms with Crippen molar-refractivity contribution in [2.75, 3.05) is 26.4 Å². The van der Waals surface area contributed by atoms with Crippen LogP contribution in [0.2, 0.25) is 0 Å². The van der Waals surface area contributed by atoms with Gasteiger partial charge < -0.3 is 29.2 Å². The summed E-state index contributed by atoms with van der Waals surface area (Å²) in [5.74, 6) is 0.356. The summed E-state index contributed by atoms with van der Waals surface area (Å²) in [5, 5.41) is 14.8. The normalized spacial score (nSPS) is 24.7. The molecule has 0 aromatic rings. The summed E-state index contributed by atoms with van der Waals surface area (Å²) in [6, 6.07) is 0. The van der Waals surface area contributed by atoms with Gasteiger partial charge >= 0.3 is 0 Å². The molecule has 0 atom stereocenters. The van der Waals surface area contributed by atoms with Crippen molar-refractivity contribution < 1.29 is 29.2 Å². The van der Waals surface area contributed by atoms with Crippen LogP contribution in [0.25, 0.3) is 0 Å². The van der Waals surface area contributed by atoms with E-state index in [4.69, 9.17) is 29.2 Å². The van der Waals surface area contributed by atoms with Crippen molar-refractivity contribution in [1.82, 2.24) is 0 Å². The number of ether oxygens (including phenoxy) is 4. The van der Waals surface area contributed by atoms with Crippen LogP contribution in [0.5, 0.6) is 0 Å². The van der Waals surface area contributed by atoms with Crippen LogP contribution < -0.4 is 0 Å². The van der Waals surface area contributed by atoms with E-state index in [-0.39, 0.29) is 5.41 Å². The van der Waals surface area contributed by atoms with Gasteiger partial charge in [-0.1, -0.05) is 0 Å². The zero-order valence-corrected chi connectivity index (χ0v) is 11.2. The van der Waals surface area contributed by atoms with Crippen LogP contribution in [-0.2, 0) is 18.9 Å². The number of hydrogen-bond donors (Lipinski definition) is 2. The van der Waals surface area contributed by atoms with Gasteiger partial charge in [-0.2, -0.15) is 0 Å². The highest BCUT2D eigenvalue weighted by Crippen LogP contribution is 2.31. The Morgan fingerprint density at radius 2 is 1.21 bits per heavy atom. The Morgan fingerprint density at radius 3 is 1.42 bits per heavy atom. The van der Waals surface area contributed by atoms with Gasteiger partial charge in [-0.15, -0.1) is 0 Å². The Labute approximate surface area is 112 Å². The monoisotopic (exact) mass is 272 g/mol. The van der Waals surface area contributed by atoms with E-state index in [0.717, 1.165) is 0 Å². The van der Waals surface area contributed by atoms with Gasteiger partial charge in [0.1, 0.15) is 31.8 Å². The molecule has 19 heavy (non-hydrogen) atoms. The van der Waals surface area contributed by atoms with Crippen molar-refractivity contribution >= 4 is 0 Å². The summed E-state index contributed by atoms with van der Waals surface area (Å²) >= 11 is 0. The molecule has 2 rings (SSSR count). The van der Waals surface area contributed by atoms with Gasteiger partial charge in [0.15, 0.2) is 0 Å². The van der Waals surface area contributed by atoms with Crippen LogP contribution in [0, 0.1) is 5.41 Å². The molecule has 6 heteroatoms. The minimum Gasteiger partial charge on any atom is -0.482 e. The first-order valence-electron chi connectivity index (χ1n) is 5.92. The maximum absolute atomic E-state index is 7.42. The lowest BCUT2D eigenvalue weighted by atomic mass is 9.91. The summed E-state index contributed by atoms with van der Waals surface area (Å²) in [6.45, 7) is 8.79. The van der Waals surface area contributed by atoms with Crippen molar-refractivity contribution in [2.45, 2.75) is 13.8 Å². The number of rotatable bonds is 0. The van der Waals surface area contributed by atoms with Crippen molar-refractivity contribution in [3.63, 3.8) is 0 Å². The molecule has 0 aromatic heterocycles. The van der Waals surface area contributed by atoms with Crippen molar-refractivity contribution in [2.24, 2.45) is 5.41 Å². The molecular weight excluding hydrogens is 252 g/mol. The first-order valence-corrected chi connectivity index (χ1v) is 5.92. The zero-order chi connectivity index (χ0) is 14.3. The van der Waals surface area contributed by atoms with Gasteiger partial charge in [-0.05, 0) is 32.6 Å². The smallest absolute Gasteiger partial charge is 0.274 e. The van der Waals surface area contributed by atoms with Crippen LogP contribution in [0.15, 0.2) is 36.6 Å². The fraction of sp³-hybridized carbons (Fsp3) is 0.538. The SMILES string of the molecule is C=C(O)O.CC=C1OCC2(CO1)COC(=CC)OC2. The van der Waals surface area contributed by atoms with E-state index >= 15 is 0 Å². The number of allylic oxidation sites excluding steroid dienone is 2. The molecule has 0 saturated carbocycles. The molecule has 108 valence electrons. The maximum atomic E-state index is 7.42. The average molecular weight is 272 g/mol. The van der Waals surface area contributed by atoms with Crippen LogP contribution in [0.3, 0.4) is 0 Å². The van der Waals surface area contributed by atoms with E-state index in [1.807, 2.05) is 26.0 Å². The van der Waals surface area contributed by atoms with E-state index in [9.17, 15) is 0 Å². The minimum absolute atomic E-state index is 0.154. The lowest BCUT2D eigenvalue weighted by Crippen LogP contribution is -2.46. The second-order valence-electron chi connectivity index (χ2n) is 4.29. The molecule has 0 aromatic carbocycles. The lowest BCUT2D eigenvalue weighted by molar-refractivity contribution is -0.185. The van der Waals surface area contributed by atoms with E-state index in [0.29, 0.717) is 38.3 Å². The van der Waals surface area contributed by atoms with E-state index in [1.165, 1.54) is 0 Å². The molecule has 0 amide bonds. The fourth-order valence-electron chi connectivity index (χ4n) is 1.56. The third kappa shape index (κ3) is 4.65. The highest BCUT2D eigenvalue weighted by atomic mass is 16.7. The van der Waals surface area contributed by atoms with E-state index in [1.54, 1.807) is 0 Å². The molecule has 0 unspecified atom stereocenters.